The molecule has 1 saturated heterocycles. The van der Waals surface area contributed by atoms with Crippen LogP contribution in [0.5, 0.6) is 0 Å². The first-order valence-corrected chi connectivity index (χ1v) is 5.73. The van der Waals surface area contributed by atoms with E-state index in [4.69, 9.17) is 14.6 Å². The van der Waals surface area contributed by atoms with Crippen molar-refractivity contribution in [3.8, 4) is 0 Å². The van der Waals surface area contributed by atoms with Crippen LogP contribution in [0.4, 0.5) is 0 Å². The summed E-state index contributed by atoms with van der Waals surface area (Å²) in [5.74, 6) is -0.631. The van der Waals surface area contributed by atoms with E-state index in [0.29, 0.717) is 26.1 Å². The summed E-state index contributed by atoms with van der Waals surface area (Å²) in [4.78, 5) is 0. The van der Waals surface area contributed by atoms with Gasteiger partial charge in [0.1, 0.15) is 0 Å². The number of benzene rings is 1. The van der Waals surface area contributed by atoms with E-state index in [1.807, 2.05) is 18.2 Å². The Morgan fingerprint density at radius 1 is 1.25 bits per heavy atom. The van der Waals surface area contributed by atoms with Gasteiger partial charge >= 0.3 is 0 Å². The Labute approximate surface area is 96.0 Å². The molecule has 3 nitrogen and oxygen atoms in total. The average Bonchev–Trinajstić information content (AvgIpc) is 2.77. The minimum absolute atomic E-state index is 0.167. The molecule has 1 aliphatic rings. The summed E-state index contributed by atoms with van der Waals surface area (Å²) in [7, 11) is 0. The van der Waals surface area contributed by atoms with Gasteiger partial charge in [-0.2, -0.15) is 0 Å². The molecule has 0 radical (unpaired) electrons. The van der Waals surface area contributed by atoms with Gasteiger partial charge in [0.2, 0.25) is 0 Å². The molecule has 1 aliphatic heterocycles. The second kappa shape index (κ2) is 4.95. The highest BCUT2D eigenvalue weighted by Gasteiger charge is 2.38. The summed E-state index contributed by atoms with van der Waals surface area (Å²) in [6.07, 6.45) is 1.39. The predicted molar refractivity (Wildman–Crippen MR) is 61.1 cm³/mol. The smallest absolute Gasteiger partial charge is 0.195 e. The average molecular weight is 222 g/mol. The molecule has 0 aliphatic carbocycles. The molecule has 1 fully saturated rings. The van der Waals surface area contributed by atoms with Crippen molar-refractivity contribution in [2.45, 2.75) is 25.6 Å². The van der Waals surface area contributed by atoms with E-state index in [0.717, 1.165) is 5.56 Å². The fourth-order valence-corrected chi connectivity index (χ4v) is 2.20. The first kappa shape index (κ1) is 11.6. The molecular formula is C13H18O3. The van der Waals surface area contributed by atoms with Crippen molar-refractivity contribution in [1.82, 2.24) is 0 Å². The van der Waals surface area contributed by atoms with E-state index >= 15 is 0 Å². The maximum absolute atomic E-state index is 8.95. The molecule has 0 unspecified atom stereocenters. The van der Waals surface area contributed by atoms with Gasteiger partial charge in [0.15, 0.2) is 5.79 Å². The van der Waals surface area contributed by atoms with Crippen LogP contribution in [0.25, 0.3) is 0 Å². The lowest BCUT2D eigenvalue weighted by Gasteiger charge is -2.29. The van der Waals surface area contributed by atoms with Crippen molar-refractivity contribution in [3.63, 3.8) is 0 Å². The minimum atomic E-state index is -0.631. The van der Waals surface area contributed by atoms with Gasteiger partial charge in [0, 0.05) is 18.6 Å². The van der Waals surface area contributed by atoms with E-state index < -0.39 is 5.79 Å². The third-order valence-electron chi connectivity index (χ3n) is 2.97. The maximum Gasteiger partial charge on any atom is 0.195 e. The van der Waals surface area contributed by atoms with Gasteiger partial charge in [-0.3, -0.25) is 0 Å². The second-order valence-electron chi connectivity index (χ2n) is 4.09. The van der Waals surface area contributed by atoms with Crippen LogP contribution in [0.15, 0.2) is 24.3 Å². The Bertz CT molecular complexity index is 343. The topological polar surface area (TPSA) is 38.7 Å². The Kier molecular flexibility index (Phi) is 3.59. The summed E-state index contributed by atoms with van der Waals surface area (Å²) in [5.41, 5.74) is 2.25. The van der Waals surface area contributed by atoms with Crippen molar-refractivity contribution < 1.29 is 14.6 Å². The van der Waals surface area contributed by atoms with Crippen LogP contribution < -0.4 is 0 Å². The molecular weight excluding hydrogens is 204 g/mol. The molecule has 3 heteroatoms. The summed E-state index contributed by atoms with van der Waals surface area (Å²) in [6.45, 7) is 3.47. The second-order valence-corrected chi connectivity index (χ2v) is 4.09. The highest BCUT2D eigenvalue weighted by molar-refractivity contribution is 5.30. The summed E-state index contributed by atoms with van der Waals surface area (Å²) >= 11 is 0. The normalized spacial score (nSPS) is 18.9. The lowest BCUT2D eigenvalue weighted by atomic mass is 9.96. The third kappa shape index (κ3) is 2.12. The van der Waals surface area contributed by atoms with Crippen LogP contribution in [0.2, 0.25) is 0 Å². The minimum Gasteiger partial charge on any atom is -0.396 e. The number of hydrogen-bond acceptors (Lipinski definition) is 3. The molecule has 16 heavy (non-hydrogen) atoms. The quantitative estimate of drug-likeness (QED) is 0.846. The molecule has 0 amide bonds. The van der Waals surface area contributed by atoms with Gasteiger partial charge < -0.3 is 14.6 Å². The van der Waals surface area contributed by atoms with Gasteiger partial charge in [0.05, 0.1) is 13.2 Å². The van der Waals surface area contributed by atoms with Gasteiger partial charge in [-0.05, 0) is 18.9 Å². The highest BCUT2D eigenvalue weighted by Crippen LogP contribution is 2.37. The molecule has 0 aromatic heterocycles. The van der Waals surface area contributed by atoms with Gasteiger partial charge in [-0.15, -0.1) is 0 Å². The third-order valence-corrected chi connectivity index (χ3v) is 2.97. The predicted octanol–water partition coefficient (Wildman–Crippen LogP) is 1.97. The number of ether oxygens (including phenoxy) is 2. The molecule has 1 aromatic rings. The molecule has 0 saturated carbocycles. The molecule has 1 aromatic carbocycles. The Hall–Kier alpha value is -0.900. The first-order chi connectivity index (χ1) is 7.78. The Morgan fingerprint density at radius 3 is 2.56 bits per heavy atom. The van der Waals surface area contributed by atoms with Crippen LogP contribution in [0.1, 0.15) is 24.0 Å². The number of aliphatic hydroxyl groups is 1. The molecule has 0 spiro atoms. The Morgan fingerprint density at radius 2 is 1.94 bits per heavy atom. The first-order valence-electron chi connectivity index (χ1n) is 5.73. The zero-order chi connectivity index (χ0) is 11.4. The zero-order valence-corrected chi connectivity index (χ0v) is 9.61. The monoisotopic (exact) mass is 222 g/mol. The van der Waals surface area contributed by atoms with Gasteiger partial charge in [-0.25, -0.2) is 0 Å². The molecule has 2 rings (SSSR count). The van der Waals surface area contributed by atoms with Crippen LogP contribution in [0.3, 0.4) is 0 Å². The SMILES string of the molecule is Cc1ccccc1C1(CCCO)OCCO1. The van der Waals surface area contributed by atoms with E-state index in [1.54, 1.807) is 0 Å². The van der Waals surface area contributed by atoms with Gasteiger partial charge in [0.25, 0.3) is 0 Å². The summed E-state index contributed by atoms with van der Waals surface area (Å²) in [6, 6.07) is 8.10. The van der Waals surface area contributed by atoms with Crippen LogP contribution in [-0.4, -0.2) is 24.9 Å². The standard InChI is InChI=1S/C13H18O3/c1-11-5-2-3-6-12(11)13(7-4-8-14)15-9-10-16-13/h2-3,5-6,14H,4,7-10H2,1H3. The van der Waals surface area contributed by atoms with E-state index in [-0.39, 0.29) is 6.61 Å². The fourth-order valence-electron chi connectivity index (χ4n) is 2.20. The fraction of sp³-hybridized carbons (Fsp3) is 0.538. The highest BCUT2D eigenvalue weighted by atomic mass is 16.7. The maximum atomic E-state index is 8.95. The van der Waals surface area contributed by atoms with Crippen molar-refractivity contribution in [2.75, 3.05) is 19.8 Å². The lowest BCUT2D eigenvalue weighted by Crippen LogP contribution is -2.28. The number of aliphatic hydroxyl groups excluding tert-OH is 1. The van der Waals surface area contributed by atoms with Crippen LogP contribution >= 0.6 is 0 Å². The van der Waals surface area contributed by atoms with E-state index in [9.17, 15) is 0 Å². The van der Waals surface area contributed by atoms with E-state index in [1.165, 1.54) is 5.56 Å². The number of hydrogen-bond donors (Lipinski definition) is 1. The van der Waals surface area contributed by atoms with E-state index in [2.05, 4.69) is 13.0 Å². The van der Waals surface area contributed by atoms with Crippen molar-refractivity contribution >= 4 is 0 Å². The van der Waals surface area contributed by atoms with Crippen molar-refractivity contribution in [3.05, 3.63) is 35.4 Å². The molecule has 0 atom stereocenters. The largest absolute Gasteiger partial charge is 0.396 e. The van der Waals surface area contributed by atoms with Gasteiger partial charge in [-0.1, -0.05) is 24.3 Å². The van der Waals surface area contributed by atoms with Crippen LogP contribution in [-0.2, 0) is 15.3 Å². The zero-order valence-electron chi connectivity index (χ0n) is 9.61. The number of rotatable bonds is 4. The molecule has 1 heterocycles. The summed E-state index contributed by atoms with van der Waals surface area (Å²) < 4.78 is 11.6. The lowest BCUT2D eigenvalue weighted by molar-refractivity contribution is -0.173. The molecule has 0 bridgehead atoms. The number of aryl methyl sites for hydroxylation is 1. The molecule has 88 valence electrons. The summed E-state index contributed by atoms with van der Waals surface area (Å²) in [5, 5.41) is 8.95. The van der Waals surface area contributed by atoms with Crippen molar-refractivity contribution in [2.24, 2.45) is 0 Å². The van der Waals surface area contributed by atoms with Crippen LogP contribution in [0, 0.1) is 6.92 Å². The van der Waals surface area contributed by atoms with Crippen molar-refractivity contribution in [1.29, 1.82) is 0 Å². The molecule has 1 N–H and O–H groups in total. The Balaban J connectivity index is 2.28.